The molecular weight excluding hydrogens is 394 g/mol. The highest BCUT2D eigenvalue weighted by Gasteiger charge is 2.25. The lowest BCUT2D eigenvalue weighted by Gasteiger charge is -2.29. The molecule has 0 amide bonds. The van der Waals surface area contributed by atoms with Crippen molar-refractivity contribution in [2.24, 2.45) is 0 Å². The Balaban J connectivity index is 1.25. The van der Waals surface area contributed by atoms with Crippen LogP contribution in [0.4, 0.5) is 0 Å². The molecule has 154 valence electrons. The van der Waals surface area contributed by atoms with Crippen LogP contribution in [0, 0.1) is 0 Å². The molecule has 0 unspecified atom stereocenters. The Morgan fingerprint density at radius 1 is 1.00 bits per heavy atom. The van der Waals surface area contributed by atoms with Crippen molar-refractivity contribution in [3.8, 4) is 0 Å². The molecule has 5 rings (SSSR count). The van der Waals surface area contributed by atoms with E-state index >= 15 is 0 Å². The average Bonchev–Trinajstić information content (AvgIpc) is 3.17. The third kappa shape index (κ3) is 4.03. The van der Waals surface area contributed by atoms with Crippen molar-refractivity contribution in [2.45, 2.75) is 26.4 Å². The van der Waals surface area contributed by atoms with Gasteiger partial charge in [0.05, 0.1) is 10.2 Å². The molecule has 1 aliphatic heterocycles. The van der Waals surface area contributed by atoms with Gasteiger partial charge in [-0.3, -0.25) is 0 Å². The fourth-order valence-corrected chi connectivity index (χ4v) is 5.47. The van der Waals surface area contributed by atoms with Crippen LogP contribution in [0.2, 0.25) is 0 Å². The van der Waals surface area contributed by atoms with Crippen molar-refractivity contribution in [3.63, 3.8) is 0 Å². The number of benzene rings is 2. The standard InChI is InChI=1S/C24H25N3O2S/c1-2-17-7-8-19-18(14-24(28)29-21(19)13-17)15-26-9-11-27(12-10-26)16-23-25-20-5-3-4-6-22(20)30-23/h3-8,13-14H,2,9-12,15-16H2,1H3/p+2. The Morgan fingerprint density at radius 2 is 1.77 bits per heavy atom. The zero-order chi connectivity index (χ0) is 20.5. The van der Waals surface area contributed by atoms with E-state index in [1.807, 2.05) is 17.4 Å². The van der Waals surface area contributed by atoms with Crippen LogP contribution in [0.3, 0.4) is 0 Å². The number of nitrogens with zero attached hydrogens (tertiary/aromatic N) is 1. The summed E-state index contributed by atoms with van der Waals surface area (Å²) in [4.78, 5) is 20.0. The average molecular weight is 422 g/mol. The van der Waals surface area contributed by atoms with Gasteiger partial charge >= 0.3 is 5.63 Å². The maximum absolute atomic E-state index is 12.1. The van der Waals surface area contributed by atoms with Gasteiger partial charge < -0.3 is 14.2 Å². The Bertz CT molecular complexity index is 1210. The summed E-state index contributed by atoms with van der Waals surface area (Å²) in [5.74, 6) is 0. The molecule has 2 aromatic heterocycles. The van der Waals surface area contributed by atoms with E-state index in [-0.39, 0.29) is 5.63 Å². The molecule has 0 bridgehead atoms. The summed E-state index contributed by atoms with van der Waals surface area (Å²) in [5.41, 5.74) is 3.89. The topological polar surface area (TPSA) is 52.0 Å². The Morgan fingerprint density at radius 3 is 2.53 bits per heavy atom. The van der Waals surface area contributed by atoms with Crippen molar-refractivity contribution < 1.29 is 14.2 Å². The van der Waals surface area contributed by atoms with Crippen molar-refractivity contribution in [2.75, 3.05) is 26.2 Å². The predicted octanol–water partition coefficient (Wildman–Crippen LogP) is 1.45. The highest BCUT2D eigenvalue weighted by atomic mass is 32.1. The summed E-state index contributed by atoms with van der Waals surface area (Å²) in [6.45, 7) is 8.47. The van der Waals surface area contributed by atoms with E-state index in [9.17, 15) is 4.79 Å². The molecule has 3 heterocycles. The monoisotopic (exact) mass is 421 g/mol. The number of fused-ring (bicyclic) bond motifs is 2. The molecule has 4 aromatic rings. The normalized spacial score (nSPS) is 19.5. The molecule has 30 heavy (non-hydrogen) atoms. The van der Waals surface area contributed by atoms with E-state index in [1.165, 1.54) is 20.2 Å². The summed E-state index contributed by atoms with van der Waals surface area (Å²) < 4.78 is 6.74. The second kappa shape index (κ2) is 8.30. The molecule has 0 radical (unpaired) electrons. The molecule has 0 spiro atoms. The van der Waals surface area contributed by atoms with Crippen LogP contribution in [0.5, 0.6) is 0 Å². The predicted molar refractivity (Wildman–Crippen MR) is 120 cm³/mol. The van der Waals surface area contributed by atoms with Gasteiger partial charge in [-0.05, 0) is 30.2 Å². The summed E-state index contributed by atoms with van der Waals surface area (Å²) in [6.07, 6.45) is 0.939. The number of quaternary nitrogens is 2. The first kappa shape index (κ1) is 19.4. The first-order chi connectivity index (χ1) is 14.7. The lowest BCUT2D eigenvalue weighted by Crippen LogP contribution is -3.27. The lowest BCUT2D eigenvalue weighted by molar-refractivity contribution is -1.02. The zero-order valence-corrected chi connectivity index (χ0v) is 18.1. The van der Waals surface area contributed by atoms with Gasteiger partial charge in [-0.1, -0.05) is 31.2 Å². The third-order valence-electron chi connectivity index (χ3n) is 6.15. The van der Waals surface area contributed by atoms with Gasteiger partial charge in [0, 0.05) is 17.0 Å². The Hall–Kier alpha value is -2.54. The molecule has 0 atom stereocenters. The fourth-order valence-electron chi connectivity index (χ4n) is 4.43. The molecular formula is C24H27N3O2S+2. The number of rotatable bonds is 5. The largest absolute Gasteiger partial charge is 0.423 e. The van der Waals surface area contributed by atoms with Crippen LogP contribution in [0.15, 0.2) is 57.7 Å². The first-order valence-electron chi connectivity index (χ1n) is 10.7. The van der Waals surface area contributed by atoms with Crippen LogP contribution >= 0.6 is 11.3 Å². The van der Waals surface area contributed by atoms with E-state index < -0.39 is 0 Å². The van der Waals surface area contributed by atoms with E-state index in [2.05, 4.69) is 43.3 Å². The summed E-state index contributed by atoms with van der Waals surface area (Å²) in [5, 5.41) is 2.30. The Kier molecular flexibility index (Phi) is 5.37. The Labute approximate surface area is 179 Å². The van der Waals surface area contributed by atoms with E-state index in [0.717, 1.165) is 67.7 Å². The second-order valence-corrected chi connectivity index (χ2v) is 9.32. The van der Waals surface area contributed by atoms with Crippen LogP contribution in [-0.4, -0.2) is 31.2 Å². The van der Waals surface area contributed by atoms with E-state index in [0.29, 0.717) is 0 Å². The SMILES string of the molecule is CCc1ccc2c(C[NH+]3CC[NH+](Cc4nc5ccccc5s4)CC3)cc(=O)oc2c1. The molecule has 5 nitrogen and oxygen atoms in total. The molecule has 2 aromatic carbocycles. The lowest BCUT2D eigenvalue weighted by atomic mass is 10.1. The minimum absolute atomic E-state index is 0.245. The number of aryl methyl sites for hydroxylation is 1. The van der Waals surface area contributed by atoms with Crippen LogP contribution in [0.25, 0.3) is 21.2 Å². The third-order valence-corrected chi connectivity index (χ3v) is 7.18. The van der Waals surface area contributed by atoms with Gasteiger partial charge in [-0.25, -0.2) is 9.78 Å². The van der Waals surface area contributed by atoms with E-state index in [1.54, 1.807) is 11.0 Å². The van der Waals surface area contributed by atoms with Crippen molar-refractivity contribution in [1.29, 1.82) is 0 Å². The van der Waals surface area contributed by atoms with Gasteiger partial charge in [0.1, 0.15) is 49.9 Å². The second-order valence-electron chi connectivity index (χ2n) is 8.20. The minimum atomic E-state index is -0.245. The summed E-state index contributed by atoms with van der Waals surface area (Å²) in [6, 6.07) is 16.3. The summed E-state index contributed by atoms with van der Waals surface area (Å²) >= 11 is 1.82. The number of nitrogens with one attached hydrogen (secondary N) is 2. The van der Waals surface area contributed by atoms with Gasteiger partial charge in [0.2, 0.25) is 0 Å². The van der Waals surface area contributed by atoms with Gasteiger partial charge in [-0.2, -0.15) is 0 Å². The highest BCUT2D eigenvalue weighted by molar-refractivity contribution is 7.18. The highest BCUT2D eigenvalue weighted by Crippen LogP contribution is 2.21. The van der Waals surface area contributed by atoms with Crippen molar-refractivity contribution in [3.05, 3.63) is 75.1 Å². The smallest absolute Gasteiger partial charge is 0.336 e. The number of hydrogen-bond acceptors (Lipinski definition) is 4. The number of aromatic nitrogens is 1. The maximum Gasteiger partial charge on any atom is 0.336 e. The summed E-state index contributed by atoms with van der Waals surface area (Å²) in [7, 11) is 0. The molecule has 1 fully saturated rings. The quantitative estimate of drug-likeness (QED) is 0.480. The van der Waals surface area contributed by atoms with Crippen molar-refractivity contribution in [1.82, 2.24) is 4.98 Å². The van der Waals surface area contributed by atoms with Gasteiger partial charge in [-0.15, -0.1) is 11.3 Å². The number of piperazine rings is 1. The number of para-hydroxylation sites is 1. The molecule has 0 aliphatic carbocycles. The minimum Gasteiger partial charge on any atom is -0.423 e. The first-order valence-corrected chi connectivity index (χ1v) is 11.6. The van der Waals surface area contributed by atoms with Gasteiger partial charge in [0.15, 0.2) is 0 Å². The molecule has 2 N–H and O–H groups in total. The van der Waals surface area contributed by atoms with Gasteiger partial charge in [0.25, 0.3) is 0 Å². The number of hydrogen-bond donors (Lipinski definition) is 2. The zero-order valence-electron chi connectivity index (χ0n) is 17.2. The molecule has 0 saturated carbocycles. The van der Waals surface area contributed by atoms with Crippen LogP contribution in [-0.2, 0) is 19.5 Å². The molecule has 1 saturated heterocycles. The van der Waals surface area contributed by atoms with Crippen molar-refractivity contribution >= 4 is 32.5 Å². The van der Waals surface area contributed by atoms with Crippen LogP contribution in [0.1, 0.15) is 23.1 Å². The number of thiazole rings is 1. The fraction of sp³-hybridized carbons (Fsp3) is 0.333. The van der Waals surface area contributed by atoms with Crippen LogP contribution < -0.4 is 15.4 Å². The molecule has 6 heteroatoms. The maximum atomic E-state index is 12.1. The van der Waals surface area contributed by atoms with E-state index in [4.69, 9.17) is 9.40 Å². The molecule has 1 aliphatic rings.